The molecule has 7 heteroatoms. The second-order valence-corrected chi connectivity index (χ2v) is 3.77. The van der Waals surface area contributed by atoms with Crippen LogP contribution in [0.1, 0.15) is 0 Å². The van der Waals surface area contributed by atoms with Crippen LogP contribution in [0.4, 0.5) is 0 Å². The van der Waals surface area contributed by atoms with Crippen LogP contribution in [-0.2, 0) is 21.1 Å². The Morgan fingerprint density at radius 2 is 1.47 bits per heavy atom. The maximum Gasteiger partial charge on any atom is 0.336 e. The zero-order valence-electron chi connectivity index (χ0n) is 9.80. The van der Waals surface area contributed by atoms with Crippen LogP contribution in [0.15, 0.2) is 21.0 Å². The highest BCUT2D eigenvalue weighted by Gasteiger charge is 2.17. The lowest BCUT2D eigenvalue weighted by Crippen LogP contribution is -2.36. The molecule has 2 aromatic rings. The lowest BCUT2D eigenvalue weighted by molar-refractivity contribution is 0.750. The van der Waals surface area contributed by atoms with Gasteiger partial charge < -0.3 is 0 Å². The molecule has 17 heavy (non-hydrogen) atoms. The molecule has 0 radical (unpaired) electrons. The van der Waals surface area contributed by atoms with Crippen molar-refractivity contribution < 1.29 is 0 Å². The van der Waals surface area contributed by atoms with Crippen LogP contribution in [0.5, 0.6) is 0 Å². The number of aryl methyl sites for hydroxylation is 3. The minimum atomic E-state index is -0.543. The Labute approximate surface area is 95.4 Å². The third kappa shape index (κ3) is 1.19. The van der Waals surface area contributed by atoms with Gasteiger partial charge in [0.15, 0.2) is 11.2 Å². The molecule has 0 fully saturated rings. The summed E-state index contributed by atoms with van der Waals surface area (Å²) in [5, 5.41) is 0. The van der Waals surface area contributed by atoms with Crippen LogP contribution >= 0.6 is 0 Å². The first-order valence-electron chi connectivity index (χ1n) is 4.91. The number of fused-ring (bicyclic) bond motifs is 1. The summed E-state index contributed by atoms with van der Waals surface area (Å²) in [5.74, 6) is 0. The van der Waals surface area contributed by atoms with Crippen LogP contribution < -0.4 is 16.9 Å². The molecule has 2 aromatic heterocycles. The van der Waals surface area contributed by atoms with E-state index in [1.54, 1.807) is 0 Å². The van der Waals surface area contributed by atoms with Crippen LogP contribution in [0, 0.1) is 0 Å². The second-order valence-electron chi connectivity index (χ2n) is 3.77. The van der Waals surface area contributed by atoms with Gasteiger partial charge in [0.2, 0.25) is 0 Å². The average molecular weight is 236 g/mol. The summed E-state index contributed by atoms with van der Waals surface area (Å²) in [5.41, 5.74) is -0.948. The summed E-state index contributed by atoms with van der Waals surface area (Å²) in [6.45, 7) is 3.41. The van der Waals surface area contributed by atoms with Crippen LogP contribution in [0.2, 0.25) is 0 Å². The van der Waals surface area contributed by atoms with Crippen molar-refractivity contribution in [1.82, 2.24) is 18.3 Å². The lowest BCUT2D eigenvalue weighted by atomic mass is 10.5. The van der Waals surface area contributed by atoms with Gasteiger partial charge in [-0.1, -0.05) is 6.58 Å². The highest BCUT2D eigenvalue weighted by Crippen LogP contribution is 2.02. The molecule has 0 aromatic carbocycles. The molecule has 0 amide bonds. The number of imidazole rings is 1. The molecule has 0 aliphatic rings. The van der Waals surface area contributed by atoms with Crippen molar-refractivity contribution in [3.63, 3.8) is 0 Å². The normalized spacial score (nSPS) is 11.0. The Hall–Kier alpha value is -2.31. The Balaban J connectivity index is 3.34. The zero-order valence-corrected chi connectivity index (χ0v) is 9.80. The Kier molecular flexibility index (Phi) is 2.20. The molecule has 2 heterocycles. The van der Waals surface area contributed by atoms with Gasteiger partial charge in [0.1, 0.15) is 0 Å². The van der Waals surface area contributed by atoms with E-state index in [4.69, 9.17) is 0 Å². The van der Waals surface area contributed by atoms with Crippen LogP contribution in [0.25, 0.3) is 17.4 Å². The Morgan fingerprint density at radius 3 is 2.00 bits per heavy atom. The molecule has 0 spiro atoms. The first-order chi connectivity index (χ1) is 7.91. The average Bonchev–Trinajstić information content (AvgIpc) is 2.52. The molecule has 0 unspecified atom stereocenters. The smallest absolute Gasteiger partial charge is 0.289 e. The minimum absolute atomic E-state index is 0.180. The molecule has 0 aliphatic heterocycles. The zero-order chi connectivity index (χ0) is 12.9. The highest BCUT2D eigenvalue weighted by molar-refractivity contribution is 5.71. The Bertz CT molecular complexity index is 800. The van der Waals surface area contributed by atoms with Crippen molar-refractivity contribution in [2.24, 2.45) is 21.1 Å². The van der Waals surface area contributed by atoms with Crippen molar-refractivity contribution in [1.29, 1.82) is 0 Å². The fourth-order valence-electron chi connectivity index (χ4n) is 1.96. The van der Waals surface area contributed by atoms with E-state index in [1.807, 2.05) is 0 Å². The highest BCUT2D eigenvalue weighted by atomic mass is 16.2. The molecule has 90 valence electrons. The molecule has 0 atom stereocenters. The van der Waals surface area contributed by atoms with Crippen molar-refractivity contribution in [2.45, 2.75) is 0 Å². The standard InChI is InChI=1S/C10H12N4O3/c1-5-14-8(15)6-7(13(4)10(14)17)12(3)9(16)11(6)2/h5H,1H2,2-4H3. The van der Waals surface area contributed by atoms with Gasteiger partial charge in [-0.3, -0.25) is 18.5 Å². The number of hydrogen-bond acceptors (Lipinski definition) is 3. The van der Waals surface area contributed by atoms with Crippen LogP contribution in [-0.4, -0.2) is 18.3 Å². The molecule has 7 nitrogen and oxygen atoms in total. The maximum atomic E-state index is 12.0. The molecule has 0 aliphatic carbocycles. The van der Waals surface area contributed by atoms with Crippen molar-refractivity contribution >= 4 is 17.4 Å². The largest absolute Gasteiger partial charge is 0.336 e. The van der Waals surface area contributed by atoms with E-state index >= 15 is 0 Å². The number of rotatable bonds is 1. The van der Waals surface area contributed by atoms with Gasteiger partial charge >= 0.3 is 11.4 Å². The van der Waals surface area contributed by atoms with E-state index in [0.717, 1.165) is 10.8 Å². The SMILES string of the molecule is C=Cn1c(=O)c2c(n(C)c1=O)n(C)c(=O)n2C. The van der Waals surface area contributed by atoms with Gasteiger partial charge in [0.25, 0.3) is 5.56 Å². The van der Waals surface area contributed by atoms with E-state index in [2.05, 4.69) is 6.58 Å². The third-order valence-electron chi connectivity index (χ3n) is 2.85. The van der Waals surface area contributed by atoms with Gasteiger partial charge in [-0.25, -0.2) is 14.2 Å². The van der Waals surface area contributed by atoms with Gasteiger partial charge in [0, 0.05) is 27.3 Å². The fourth-order valence-corrected chi connectivity index (χ4v) is 1.96. The molecular weight excluding hydrogens is 224 g/mol. The number of hydrogen-bond donors (Lipinski definition) is 0. The van der Waals surface area contributed by atoms with Gasteiger partial charge in [-0.2, -0.15) is 0 Å². The van der Waals surface area contributed by atoms with E-state index in [9.17, 15) is 14.4 Å². The predicted octanol–water partition coefficient (Wildman–Crippen LogP) is -1.16. The topological polar surface area (TPSA) is 70.9 Å². The summed E-state index contributed by atoms with van der Waals surface area (Å²) in [6, 6.07) is 0. The molecule has 0 saturated carbocycles. The summed E-state index contributed by atoms with van der Waals surface area (Å²) in [6.07, 6.45) is 1.14. The number of aromatic nitrogens is 4. The molecular formula is C10H12N4O3. The van der Waals surface area contributed by atoms with Crippen molar-refractivity contribution in [3.8, 4) is 0 Å². The van der Waals surface area contributed by atoms with E-state index in [-0.39, 0.29) is 11.2 Å². The van der Waals surface area contributed by atoms with E-state index in [1.165, 1.54) is 34.8 Å². The second kappa shape index (κ2) is 3.34. The van der Waals surface area contributed by atoms with Gasteiger partial charge in [0.05, 0.1) is 0 Å². The fraction of sp³-hybridized carbons (Fsp3) is 0.300. The quantitative estimate of drug-likeness (QED) is 0.627. The van der Waals surface area contributed by atoms with Crippen molar-refractivity contribution in [2.75, 3.05) is 0 Å². The van der Waals surface area contributed by atoms with E-state index in [0.29, 0.717) is 5.65 Å². The van der Waals surface area contributed by atoms with E-state index < -0.39 is 11.2 Å². The van der Waals surface area contributed by atoms with Crippen LogP contribution in [0.3, 0.4) is 0 Å². The Morgan fingerprint density at radius 1 is 0.941 bits per heavy atom. The first kappa shape index (κ1) is 11.2. The third-order valence-corrected chi connectivity index (χ3v) is 2.85. The summed E-state index contributed by atoms with van der Waals surface area (Å²) < 4.78 is 4.62. The lowest BCUT2D eigenvalue weighted by Gasteiger charge is -2.05. The predicted molar refractivity (Wildman–Crippen MR) is 64.0 cm³/mol. The van der Waals surface area contributed by atoms with Crippen molar-refractivity contribution in [3.05, 3.63) is 37.9 Å². The minimum Gasteiger partial charge on any atom is -0.289 e. The summed E-state index contributed by atoms with van der Waals surface area (Å²) >= 11 is 0. The molecule has 0 bridgehead atoms. The summed E-state index contributed by atoms with van der Waals surface area (Å²) in [4.78, 5) is 35.6. The van der Waals surface area contributed by atoms with Gasteiger partial charge in [-0.15, -0.1) is 0 Å². The monoisotopic (exact) mass is 236 g/mol. The number of nitrogens with zero attached hydrogens (tertiary/aromatic N) is 4. The molecule has 2 rings (SSSR count). The van der Waals surface area contributed by atoms with Gasteiger partial charge in [-0.05, 0) is 0 Å². The first-order valence-corrected chi connectivity index (χ1v) is 4.91. The summed E-state index contributed by atoms with van der Waals surface area (Å²) in [7, 11) is 4.51. The maximum absolute atomic E-state index is 12.0. The molecule has 0 N–H and O–H groups in total. The molecule has 0 saturated heterocycles.